The number of fused-ring (bicyclic) bond motifs is 2. The first-order valence-electron chi connectivity index (χ1n) is 11.1. The Morgan fingerprint density at radius 3 is 1.54 bits per heavy atom. The molecular weight excluding hydrogens is 551 g/mol. The summed E-state index contributed by atoms with van der Waals surface area (Å²) in [4.78, 5) is 17.1. The van der Waals surface area contributed by atoms with Gasteiger partial charge in [-0.2, -0.15) is 4.33 Å². The summed E-state index contributed by atoms with van der Waals surface area (Å²) in [6.45, 7) is 0. The molecule has 10 nitrogen and oxygen atoms in total. The summed E-state index contributed by atoms with van der Waals surface area (Å²) in [5.41, 5.74) is 5.54. The van der Waals surface area contributed by atoms with Gasteiger partial charge in [-0.3, -0.25) is 5.04 Å². The second-order valence-electron chi connectivity index (χ2n) is 7.71. The Bertz CT molecular complexity index is 1500. The number of nitrogens with zero attached hydrogens (tertiary/aromatic N) is 2. The zero-order chi connectivity index (χ0) is 26.2. The van der Waals surface area contributed by atoms with Crippen LogP contribution in [0.3, 0.4) is 0 Å². The van der Waals surface area contributed by atoms with E-state index in [0.29, 0.717) is 0 Å². The molecule has 6 rings (SSSR count). The Morgan fingerprint density at radius 2 is 1.10 bits per heavy atom. The molecule has 39 heavy (non-hydrogen) atoms. The van der Waals surface area contributed by atoms with Crippen molar-refractivity contribution < 1.29 is 58.8 Å². The van der Waals surface area contributed by atoms with E-state index in [1.54, 1.807) is 0 Å². The van der Waals surface area contributed by atoms with Gasteiger partial charge in [0.25, 0.3) is 0 Å². The predicted octanol–water partition coefficient (Wildman–Crippen LogP) is 3.12. The SMILES string of the molecule is OOOSc1ccc2nc(-c3ccccc3)[nH]c2c1.[Na+].[O-]OOSc1ccc2nc(-c3ccccc3)[nH]c2c1. The van der Waals surface area contributed by atoms with Crippen LogP contribution < -0.4 is 34.8 Å². The molecule has 3 N–H and O–H groups in total. The molecule has 6 aromatic rings. The first-order chi connectivity index (χ1) is 18.7. The van der Waals surface area contributed by atoms with Crippen LogP contribution in [0.15, 0.2) is 107 Å². The average molecular weight is 571 g/mol. The number of rotatable bonds is 8. The second kappa shape index (κ2) is 14.6. The molecule has 0 spiro atoms. The molecule has 2 heterocycles. The van der Waals surface area contributed by atoms with Crippen LogP contribution in [0.2, 0.25) is 0 Å². The van der Waals surface area contributed by atoms with Crippen molar-refractivity contribution in [2.75, 3.05) is 0 Å². The van der Waals surface area contributed by atoms with E-state index in [1.807, 2.05) is 97.1 Å². The summed E-state index contributed by atoms with van der Waals surface area (Å²) in [6, 6.07) is 30.8. The fourth-order valence-corrected chi connectivity index (χ4v) is 4.45. The van der Waals surface area contributed by atoms with Crippen molar-refractivity contribution in [1.82, 2.24) is 19.9 Å². The second-order valence-corrected chi connectivity index (χ2v) is 9.25. The predicted molar refractivity (Wildman–Crippen MR) is 142 cm³/mol. The van der Waals surface area contributed by atoms with Crippen LogP contribution in [0.4, 0.5) is 0 Å². The number of imidazole rings is 2. The standard InChI is InChI=1S/2C13H10N2O3S.Na/c2*16-17-18-19-10-6-7-11-12(8-10)15-13(14-11)9-4-2-1-3-5-9;/h2*1-8,16H,(H,14,15);/q;;+1/p-1. The van der Waals surface area contributed by atoms with Gasteiger partial charge < -0.3 is 15.2 Å². The summed E-state index contributed by atoms with van der Waals surface area (Å²) in [5.74, 6) is 1.62. The molecule has 13 heteroatoms. The Labute approximate surface area is 253 Å². The van der Waals surface area contributed by atoms with Crippen molar-refractivity contribution >= 4 is 46.2 Å². The molecule has 0 bridgehead atoms. The van der Waals surface area contributed by atoms with Gasteiger partial charge in [-0.25, -0.2) is 15.2 Å². The maximum atomic E-state index is 9.79. The van der Waals surface area contributed by atoms with Crippen molar-refractivity contribution in [2.24, 2.45) is 0 Å². The Morgan fingerprint density at radius 1 is 0.641 bits per heavy atom. The van der Waals surface area contributed by atoms with Gasteiger partial charge in [0.1, 0.15) is 11.6 Å². The van der Waals surface area contributed by atoms with Gasteiger partial charge in [-0.15, -0.1) is 4.33 Å². The zero-order valence-electron chi connectivity index (χ0n) is 20.4. The number of nitrogens with one attached hydrogen (secondary N) is 2. The summed E-state index contributed by atoms with van der Waals surface area (Å²) >= 11 is 1.78. The van der Waals surface area contributed by atoms with Crippen LogP contribution >= 0.6 is 24.1 Å². The summed E-state index contributed by atoms with van der Waals surface area (Å²) in [7, 11) is 0. The topological polar surface area (TPSA) is 138 Å². The first-order valence-corrected chi connectivity index (χ1v) is 12.6. The molecular formula is C26H19N4NaO6S2. The van der Waals surface area contributed by atoms with E-state index in [4.69, 9.17) is 5.26 Å². The van der Waals surface area contributed by atoms with E-state index < -0.39 is 0 Å². The van der Waals surface area contributed by atoms with E-state index in [0.717, 1.165) is 78.7 Å². The maximum Gasteiger partial charge on any atom is 1.00 e. The Kier molecular flexibility index (Phi) is 11.0. The van der Waals surface area contributed by atoms with Crippen molar-refractivity contribution in [2.45, 2.75) is 9.79 Å². The third-order valence-electron chi connectivity index (χ3n) is 5.32. The van der Waals surface area contributed by atoms with Gasteiger partial charge in [0, 0.05) is 20.9 Å². The molecule has 0 aliphatic carbocycles. The van der Waals surface area contributed by atoms with Gasteiger partial charge in [0.15, 0.2) is 0 Å². The van der Waals surface area contributed by atoms with Crippen molar-refractivity contribution in [1.29, 1.82) is 0 Å². The Balaban J connectivity index is 0.000000176. The van der Waals surface area contributed by atoms with E-state index in [9.17, 15) is 5.26 Å². The van der Waals surface area contributed by atoms with Crippen molar-refractivity contribution in [3.05, 3.63) is 97.1 Å². The fourth-order valence-electron chi connectivity index (χ4n) is 3.65. The third-order valence-corrected chi connectivity index (χ3v) is 6.47. The number of benzene rings is 4. The smallest absolute Gasteiger partial charge is 0.691 e. The Hall–Kier alpha value is -2.72. The molecule has 0 saturated heterocycles. The quantitative estimate of drug-likeness (QED) is 0.108. The molecule has 0 atom stereocenters. The van der Waals surface area contributed by atoms with Crippen LogP contribution in [0.5, 0.6) is 0 Å². The van der Waals surface area contributed by atoms with E-state index in [2.05, 4.69) is 38.7 Å². The summed E-state index contributed by atoms with van der Waals surface area (Å²) in [5, 5.41) is 24.8. The first kappa shape index (κ1) is 29.3. The van der Waals surface area contributed by atoms with Gasteiger partial charge in [0.2, 0.25) is 0 Å². The molecule has 2 aromatic heterocycles. The number of H-pyrrole nitrogens is 2. The molecule has 0 saturated carbocycles. The van der Waals surface area contributed by atoms with Crippen LogP contribution in [-0.2, 0) is 18.7 Å². The van der Waals surface area contributed by atoms with Crippen LogP contribution in [-0.4, -0.2) is 25.2 Å². The van der Waals surface area contributed by atoms with E-state index in [-0.39, 0.29) is 29.6 Å². The molecule has 0 aliphatic heterocycles. The van der Waals surface area contributed by atoms with Gasteiger partial charge >= 0.3 is 29.6 Å². The summed E-state index contributed by atoms with van der Waals surface area (Å²) in [6.07, 6.45) is 0. The minimum atomic E-state index is 0. The van der Waals surface area contributed by atoms with Crippen LogP contribution in [0.25, 0.3) is 44.8 Å². The minimum Gasteiger partial charge on any atom is -0.691 e. The van der Waals surface area contributed by atoms with Gasteiger partial charge in [-0.1, -0.05) is 65.7 Å². The van der Waals surface area contributed by atoms with Crippen molar-refractivity contribution in [3.8, 4) is 22.8 Å². The van der Waals surface area contributed by atoms with E-state index >= 15 is 0 Å². The molecule has 0 amide bonds. The van der Waals surface area contributed by atoms with Gasteiger partial charge in [-0.05, 0) is 36.4 Å². The normalized spacial score (nSPS) is 10.7. The number of aromatic amines is 2. The summed E-state index contributed by atoms with van der Waals surface area (Å²) < 4.78 is 8.68. The molecule has 0 radical (unpaired) electrons. The maximum absolute atomic E-state index is 9.79. The third kappa shape index (κ3) is 7.69. The van der Waals surface area contributed by atoms with E-state index in [1.165, 1.54) is 0 Å². The monoisotopic (exact) mass is 570 g/mol. The molecule has 0 aliphatic rings. The molecule has 192 valence electrons. The number of hydrogen-bond donors (Lipinski definition) is 3. The zero-order valence-corrected chi connectivity index (χ0v) is 24.1. The minimum absolute atomic E-state index is 0. The molecule has 0 fully saturated rings. The van der Waals surface area contributed by atoms with Crippen LogP contribution in [0.1, 0.15) is 0 Å². The fraction of sp³-hybridized carbons (Fsp3) is 0. The molecule has 4 aromatic carbocycles. The largest absolute Gasteiger partial charge is 1.00 e. The number of hydrogen-bond acceptors (Lipinski definition) is 10. The van der Waals surface area contributed by atoms with Crippen LogP contribution in [0, 0.1) is 0 Å². The number of aromatic nitrogens is 4. The van der Waals surface area contributed by atoms with Gasteiger partial charge in [0.05, 0.1) is 46.2 Å². The average Bonchev–Trinajstić information content (AvgIpc) is 3.60. The molecule has 0 unspecified atom stereocenters. The van der Waals surface area contributed by atoms with Crippen molar-refractivity contribution in [3.63, 3.8) is 0 Å².